The third kappa shape index (κ3) is 6.04. The first kappa shape index (κ1) is 28.8. The van der Waals surface area contributed by atoms with Crippen molar-refractivity contribution in [1.29, 1.82) is 0 Å². The summed E-state index contributed by atoms with van der Waals surface area (Å²) in [7, 11) is -1.93. The molecule has 0 radical (unpaired) electrons. The molecule has 1 N–H and O–H groups in total. The van der Waals surface area contributed by atoms with Gasteiger partial charge in [0.05, 0.1) is 6.16 Å². The third-order valence-corrected chi connectivity index (χ3v) is 11.6. The van der Waals surface area contributed by atoms with E-state index in [2.05, 4.69) is 130 Å². The van der Waals surface area contributed by atoms with Crippen LogP contribution in [0.5, 0.6) is 0 Å². The van der Waals surface area contributed by atoms with Crippen LogP contribution >= 0.6 is 7.26 Å². The first-order valence-electron chi connectivity index (χ1n) is 12.6. The largest absolute Gasteiger partial charge is 1.00 e. The molecule has 3 aromatic carbocycles. The van der Waals surface area contributed by atoms with Gasteiger partial charge in [-0.3, -0.25) is 4.79 Å². The first-order chi connectivity index (χ1) is 17.3. The van der Waals surface area contributed by atoms with Gasteiger partial charge in [0, 0.05) is 0 Å². The predicted molar refractivity (Wildman–Crippen MR) is 155 cm³/mol. The van der Waals surface area contributed by atoms with E-state index in [0.717, 1.165) is 17.3 Å². The summed E-state index contributed by atoms with van der Waals surface area (Å²) in [6, 6.07) is 32.7. The van der Waals surface area contributed by atoms with Gasteiger partial charge in [0.15, 0.2) is 5.78 Å². The van der Waals surface area contributed by atoms with E-state index in [1.165, 1.54) is 15.9 Å². The Morgan fingerprint density at radius 3 is 1.76 bits per heavy atom. The number of aliphatic hydroxyl groups is 1. The zero-order valence-corrected chi connectivity index (χ0v) is 23.7. The molecule has 37 heavy (non-hydrogen) atoms. The van der Waals surface area contributed by atoms with Gasteiger partial charge in [-0.15, -0.1) is 0 Å². The SMILES string of the molecule is CC1=C(/C=C/C(C)=C/C[P+](c2ccccc2)(c2ccccc2)c2ccccc2)C(C)(C)CC(O)C1=O.[Cl-]. The van der Waals surface area contributed by atoms with Crippen molar-refractivity contribution < 1.29 is 22.3 Å². The van der Waals surface area contributed by atoms with Crippen LogP contribution in [0.3, 0.4) is 0 Å². The lowest BCUT2D eigenvalue weighted by molar-refractivity contribution is -0.125. The van der Waals surface area contributed by atoms with E-state index in [9.17, 15) is 9.90 Å². The molecule has 0 spiro atoms. The number of rotatable bonds is 7. The van der Waals surface area contributed by atoms with Crippen molar-refractivity contribution in [2.45, 2.75) is 40.2 Å². The number of aliphatic hydroxyl groups excluding tert-OH is 1. The molecule has 4 rings (SSSR count). The van der Waals surface area contributed by atoms with Crippen LogP contribution in [0.1, 0.15) is 34.1 Å². The van der Waals surface area contributed by atoms with E-state index in [-0.39, 0.29) is 23.6 Å². The van der Waals surface area contributed by atoms with Gasteiger partial charge in [-0.05, 0) is 79.3 Å². The fourth-order valence-electron chi connectivity index (χ4n) is 5.30. The Labute approximate surface area is 228 Å². The van der Waals surface area contributed by atoms with Crippen molar-refractivity contribution in [2.75, 3.05) is 6.16 Å². The molecule has 0 aromatic heterocycles. The van der Waals surface area contributed by atoms with E-state index in [4.69, 9.17) is 0 Å². The van der Waals surface area contributed by atoms with Crippen molar-refractivity contribution in [3.8, 4) is 0 Å². The second kappa shape index (κ2) is 12.2. The van der Waals surface area contributed by atoms with Crippen LogP contribution in [0.4, 0.5) is 0 Å². The van der Waals surface area contributed by atoms with Gasteiger partial charge in [0.25, 0.3) is 0 Å². The van der Waals surface area contributed by atoms with Gasteiger partial charge >= 0.3 is 0 Å². The van der Waals surface area contributed by atoms with Gasteiger partial charge in [-0.1, -0.05) is 86.2 Å². The number of halogens is 1. The highest BCUT2D eigenvalue weighted by Crippen LogP contribution is 2.55. The summed E-state index contributed by atoms with van der Waals surface area (Å²) >= 11 is 0. The van der Waals surface area contributed by atoms with Crippen molar-refractivity contribution in [3.63, 3.8) is 0 Å². The molecule has 0 bridgehead atoms. The third-order valence-electron chi connectivity index (χ3n) is 7.30. The number of ketones is 1. The maximum Gasteiger partial charge on any atom is 0.187 e. The minimum atomic E-state index is -1.93. The molecule has 4 heteroatoms. The quantitative estimate of drug-likeness (QED) is 0.376. The maximum atomic E-state index is 12.4. The van der Waals surface area contributed by atoms with Gasteiger partial charge < -0.3 is 17.5 Å². The molecule has 2 nitrogen and oxygen atoms in total. The van der Waals surface area contributed by atoms with E-state index in [1.54, 1.807) is 0 Å². The van der Waals surface area contributed by atoms with Crippen LogP contribution in [-0.4, -0.2) is 23.2 Å². The second-order valence-electron chi connectivity index (χ2n) is 10.3. The van der Waals surface area contributed by atoms with Crippen LogP contribution in [0.15, 0.2) is 126 Å². The van der Waals surface area contributed by atoms with Crippen molar-refractivity contribution in [2.24, 2.45) is 5.41 Å². The van der Waals surface area contributed by atoms with Crippen molar-refractivity contribution in [3.05, 3.63) is 126 Å². The Balaban J connectivity index is 0.00000380. The minimum Gasteiger partial charge on any atom is -1.00 e. The summed E-state index contributed by atoms with van der Waals surface area (Å²) in [4.78, 5) is 12.4. The number of allylic oxidation sites excluding steroid dienone is 5. The molecule has 1 unspecified atom stereocenters. The highest BCUT2D eigenvalue weighted by atomic mass is 35.5. The Morgan fingerprint density at radius 1 is 0.892 bits per heavy atom. The summed E-state index contributed by atoms with van der Waals surface area (Å²) in [5.41, 5.74) is 2.60. The summed E-state index contributed by atoms with van der Waals surface area (Å²) in [6.07, 6.45) is 7.01. The Kier molecular flexibility index (Phi) is 9.48. The lowest BCUT2D eigenvalue weighted by atomic mass is 9.71. The summed E-state index contributed by atoms with van der Waals surface area (Å²) in [6.45, 7) is 8.17. The molecule has 0 saturated carbocycles. The zero-order valence-electron chi connectivity index (χ0n) is 22.1. The van der Waals surface area contributed by atoms with Gasteiger partial charge in [0.2, 0.25) is 0 Å². The standard InChI is InChI=1S/C33H36O2P.ClH/c1-25(20-21-30-26(2)32(35)31(34)24-33(30,3)4)22-23-36(27-14-8-5-9-15-27,28-16-10-6-11-17-28)29-18-12-7-13-19-29;/h5-22,31,34H,23-24H2,1-4H3;1H/q+1;/p-1/b21-20+,25-22+;. The first-order valence-corrected chi connectivity index (χ1v) is 14.6. The molecular weight excluding hydrogens is 495 g/mol. The molecule has 1 aliphatic carbocycles. The minimum absolute atomic E-state index is 0. The monoisotopic (exact) mass is 530 g/mol. The molecule has 0 fully saturated rings. The number of benzene rings is 3. The van der Waals surface area contributed by atoms with Crippen molar-refractivity contribution in [1.82, 2.24) is 0 Å². The average molecular weight is 531 g/mol. The molecule has 3 aromatic rings. The normalized spacial score (nSPS) is 18.1. The highest BCUT2D eigenvalue weighted by molar-refractivity contribution is 7.95. The van der Waals surface area contributed by atoms with Gasteiger partial charge in [-0.2, -0.15) is 0 Å². The zero-order chi connectivity index (χ0) is 25.8. The average Bonchev–Trinajstić information content (AvgIpc) is 2.89. The van der Waals surface area contributed by atoms with E-state index < -0.39 is 13.4 Å². The Bertz CT molecular complexity index is 1200. The number of Topliss-reactive ketones (excluding diaryl/α,β-unsaturated/α-hetero) is 1. The number of hydrogen-bond acceptors (Lipinski definition) is 2. The summed E-state index contributed by atoms with van der Waals surface area (Å²) in [5.74, 6) is -0.155. The summed E-state index contributed by atoms with van der Waals surface area (Å²) in [5, 5.41) is 14.3. The molecule has 0 heterocycles. The molecular formula is C33H36ClO2P. The number of carbonyl (C=O) groups is 1. The van der Waals surface area contributed by atoms with Crippen LogP contribution in [0.2, 0.25) is 0 Å². The lowest BCUT2D eigenvalue weighted by Crippen LogP contribution is -3.00. The second-order valence-corrected chi connectivity index (χ2v) is 13.8. The van der Waals surface area contributed by atoms with Crippen LogP contribution < -0.4 is 28.3 Å². The smallest absolute Gasteiger partial charge is 0.187 e. The fourth-order valence-corrected chi connectivity index (χ4v) is 9.43. The molecule has 0 saturated heterocycles. The predicted octanol–water partition coefficient (Wildman–Crippen LogP) is 3.16. The van der Waals surface area contributed by atoms with E-state index >= 15 is 0 Å². The van der Waals surface area contributed by atoms with E-state index in [1.807, 2.05) is 6.92 Å². The Morgan fingerprint density at radius 2 is 1.32 bits per heavy atom. The van der Waals surface area contributed by atoms with Gasteiger partial charge in [-0.25, -0.2) is 0 Å². The topological polar surface area (TPSA) is 37.3 Å². The highest BCUT2D eigenvalue weighted by Gasteiger charge is 2.44. The molecule has 0 amide bonds. The van der Waals surface area contributed by atoms with Crippen molar-refractivity contribution >= 4 is 29.0 Å². The molecule has 192 valence electrons. The number of carbonyl (C=O) groups excluding carboxylic acids is 1. The van der Waals surface area contributed by atoms with E-state index in [0.29, 0.717) is 12.0 Å². The number of hydrogen-bond donors (Lipinski definition) is 1. The molecule has 1 atom stereocenters. The lowest BCUT2D eigenvalue weighted by Gasteiger charge is -2.34. The maximum absolute atomic E-state index is 12.4. The van der Waals surface area contributed by atoms with Crippen LogP contribution in [0.25, 0.3) is 0 Å². The fraction of sp³-hybridized carbons (Fsp3) is 0.242. The molecule has 0 aliphatic heterocycles. The summed E-state index contributed by atoms with van der Waals surface area (Å²) < 4.78 is 0. The van der Waals surface area contributed by atoms with Gasteiger partial charge in [0.1, 0.15) is 29.3 Å². The van der Waals surface area contributed by atoms with Crippen LogP contribution in [-0.2, 0) is 4.79 Å². The Hall–Kier alpha value is -2.77. The molecule has 1 aliphatic rings. The van der Waals surface area contributed by atoms with Crippen LogP contribution in [0, 0.1) is 5.41 Å².